The molecule has 0 heterocycles. The zero-order valence-corrected chi connectivity index (χ0v) is 291. The topological polar surface area (TPSA) is 0 Å². The third-order valence-corrected chi connectivity index (χ3v) is 0. The molecule has 0 nitrogen and oxygen atoms in total. The summed E-state index contributed by atoms with van der Waals surface area (Å²) in [6, 6.07) is 0. The molecule has 0 aliphatic rings. The van der Waals surface area contributed by atoms with Crippen molar-refractivity contribution in [1.82, 2.24) is 0 Å². The number of rotatable bonds is 0. The minimum absolute atomic E-state index is 0. The van der Waals surface area contributed by atoms with Crippen LogP contribution in [0.25, 0.3) is 0 Å². The van der Waals surface area contributed by atoms with E-state index in [2.05, 4.69) is 0 Å². The maximum Gasteiger partial charge on any atom is 0 e. The molecule has 41 heteroatoms. The second-order valence-electron chi connectivity index (χ2n) is 0. The summed E-state index contributed by atoms with van der Waals surface area (Å²) in [6.07, 6.45) is 0. The Labute approximate surface area is 0 Å². The molecule has 0 spiro atoms. The predicted molar refractivity (Wildman–Crippen MR) is 0 cm³/mol. The summed E-state index contributed by atoms with van der Waals surface area (Å²) in [5.74, 6) is 0. The van der Waals surface area contributed by atoms with Gasteiger partial charge in [-0.3, -0.25) is 0 Å². The second-order valence-corrected chi connectivity index (χ2v) is 0. The Kier molecular flexibility index (Phi) is 0. The molecule has 0 atom stereocenters. The fourth-order valence-corrected chi connectivity index (χ4v) is 0. The van der Waals surface area contributed by atoms with Crippen molar-refractivity contribution in [2.45, 2.75) is 0 Å². The molecule has 0 saturated heterocycles. The van der Waals surface area contributed by atoms with Crippen molar-refractivity contribution >= 4 is 0 Å². The molecule has 0 aromatic heterocycles. The molecule has 0 unspecified atom stereocenters. The van der Waals surface area contributed by atoms with Gasteiger partial charge in [0.1, 0.15) is 0 Å². The van der Waals surface area contributed by atoms with Gasteiger partial charge >= 0.3 is 0 Å². The van der Waals surface area contributed by atoms with Gasteiger partial charge < -0.3 is 0 Å². The molecule has 0 radical (unpaired) electrons. The fourth-order valence-electron chi connectivity index (χ4n) is 0. The Morgan fingerprint density at radius 3 is 0.0244 bits per heavy atom. The van der Waals surface area contributed by atoms with Crippen LogP contribution in [0.4, 0.5) is 0 Å². The van der Waals surface area contributed by atoms with Crippen molar-refractivity contribution in [3.8, 4) is 0 Å². The number of hydrogen-bond acceptors (Lipinski definition) is 0. The molecule has 0 aromatic rings. The van der Waals surface area contributed by atoms with Gasteiger partial charge in [-0.25, -0.2) is 0 Å². The minimum atomic E-state index is 0. The fraction of sp³-hybridized carbons (Fsp3) is 0. The summed E-state index contributed by atoms with van der Waals surface area (Å²) >= 11 is 0. The molecule has 0 amide bonds. The molecule has 0 aliphatic carbocycles. The minimum Gasteiger partial charge on any atom is 0 e. The maximum absolute atomic E-state index is 0. The largest absolute Gasteiger partial charge is 0 e. The SMILES string of the molecule is [Rf].[Rf].[Rf].[Rf].[Rf].[Rf].[Rf].[Rf].[Rf].[Rf].[Rf].[Rf].[Rf].[Rf].[Rf].[Rf].[Rf].[Rf].[Rf].[Rf].[Rf].[Rf].[Rf].[Rf].[Rf].[Rf].[Rf].[Rf].[Rf].[Rf].[Rf].[Rf].[Rf].[Rf].[Rf].[Rf].[Rf].[Rf].[Rf].[Rf].[Rf]. The summed E-state index contributed by atoms with van der Waals surface area (Å²) in [4.78, 5) is 0. The Balaban J connectivity index is 0. The van der Waals surface area contributed by atoms with Crippen LogP contribution in [0.15, 0.2) is 0 Å². The summed E-state index contributed by atoms with van der Waals surface area (Å²) in [5.41, 5.74) is 0. The molecule has 41 heavy (non-hydrogen) atoms. The van der Waals surface area contributed by atoms with Crippen LogP contribution in [0.1, 0.15) is 0 Å². The third kappa shape index (κ3) is -0.00535. The average Bonchev–Trinajstić information content (AvgIpc) is 0. The van der Waals surface area contributed by atoms with Gasteiger partial charge in [-0.1, -0.05) is 0 Å². The van der Waals surface area contributed by atoms with Gasteiger partial charge in [0.15, 0.2) is 0 Å². The Bertz CT molecular complexity index is 0. The summed E-state index contributed by atoms with van der Waals surface area (Å²) < 4.78 is 0. The van der Waals surface area contributed by atoms with Gasteiger partial charge in [-0.15, -0.1) is 0 Å². The van der Waals surface area contributed by atoms with Crippen molar-refractivity contribution in [2.24, 2.45) is 0 Å². The van der Waals surface area contributed by atoms with E-state index in [1.165, 1.54) is 0 Å². The molecule has 0 fully saturated rings. The smallest absolute Gasteiger partial charge is 0 e. The monoisotopic (exact) mass is 11000 g/mol. The van der Waals surface area contributed by atoms with Gasteiger partial charge in [0, 0.05) is 0 Å². The van der Waals surface area contributed by atoms with E-state index in [1.807, 2.05) is 0 Å². The van der Waals surface area contributed by atoms with Crippen molar-refractivity contribution in [3.63, 3.8) is 0 Å². The molecular weight excluding hydrogens is 10900 g/mol. The van der Waals surface area contributed by atoms with Gasteiger partial charge in [-0.2, -0.15) is 0 Å². The summed E-state index contributed by atoms with van der Waals surface area (Å²) in [5, 5.41) is 0. The van der Waals surface area contributed by atoms with E-state index in [0.29, 0.717) is 0 Å². The molecule has 0 aromatic carbocycles. The van der Waals surface area contributed by atoms with Crippen molar-refractivity contribution in [1.29, 1.82) is 0 Å². The Morgan fingerprint density at radius 1 is 0.0244 bits per heavy atom. The van der Waals surface area contributed by atoms with Crippen molar-refractivity contribution in [3.05, 3.63) is 0 Å². The first kappa shape index (κ1) is 0. The summed E-state index contributed by atoms with van der Waals surface area (Å²) in [6.45, 7) is 0. The first-order chi connectivity index (χ1) is 0. The van der Waals surface area contributed by atoms with E-state index in [1.54, 1.807) is 0 Å². The van der Waals surface area contributed by atoms with Gasteiger partial charge in [0.25, 0.3) is 0 Å². The van der Waals surface area contributed by atoms with Crippen molar-refractivity contribution < 1.29 is 0 Å². The number of hydrogen-bond donors (Lipinski definition) is 0. The van der Waals surface area contributed by atoms with Crippen molar-refractivity contribution in [2.75, 3.05) is 0 Å². The zero-order valence-electron chi connectivity index (χ0n) is 29.0. The van der Waals surface area contributed by atoms with E-state index in [0.717, 1.165) is 0 Å². The first-order valence-electron chi connectivity index (χ1n) is 0. The summed E-state index contributed by atoms with van der Waals surface area (Å²) in [7, 11) is 0. The first-order valence-corrected chi connectivity index (χ1v) is 0. The third-order valence-electron chi connectivity index (χ3n) is 0. The second kappa shape index (κ2) is -0.00238. The van der Waals surface area contributed by atoms with Crippen LogP contribution in [0, 0.1) is 0 Å². The van der Waals surface area contributed by atoms with Crippen LogP contribution in [-0.2, 0) is 0 Å². The van der Waals surface area contributed by atoms with Gasteiger partial charge in [-0.05, 0) is 0 Å². The molecule has 0 saturated carbocycles. The molecule has 0 rings (SSSR count). The van der Waals surface area contributed by atoms with E-state index < -0.39 is 0 Å². The normalized spacial score (nSPS) is 0. The van der Waals surface area contributed by atoms with E-state index >= 15 is 0 Å². The molecule has 82 valence electrons. The van der Waals surface area contributed by atoms with Crippen LogP contribution in [-0.4, -0.2) is 0 Å². The zero-order chi connectivity index (χ0) is 0. The predicted octanol–water partition coefficient (Wildman–Crippen LogP) is 0. The standard InChI is InChI=1S/41Rf. The van der Waals surface area contributed by atoms with Gasteiger partial charge in [0.05, 0.1) is 0 Å². The molecule has 0 N–H and O–H groups in total. The van der Waals surface area contributed by atoms with Crippen LogP contribution in [0.5, 0.6) is 0 Å². The molecule has 0 aliphatic heterocycles. The average molecular weight is 10900 g/mol. The quantitative estimate of drug-likeness (QED) is 0.321. The Morgan fingerprint density at radius 2 is 0.0244 bits per heavy atom. The maximum atomic E-state index is 0. The van der Waals surface area contributed by atoms with Crippen LogP contribution < -0.4 is 0 Å². The van der Waals surface area contributed by atoms with Crippen LogP contribution in [0.3, 0.4) is 0 Å². The molecule has 0 bridgehead atoms. The van der Waals surface area contributed by atoms with Crippen LogP contribution in [0.2, 0.25) is 0 Å². The van der Waals surface area contributed by atoms with E-state index in [4.69, 9.17) is 0 Å². The van der Waals surface area contributed by atoms with Crippen LogP contribution >= 0.6 is 0 Å². The van der Waals surface area contributed by atoms with Gasteiger partial charge in [0.2, 0.25) is 0 Å². The van der Waals surface area contributed by atoms with E-state index in [-0.39, 0.29) is 0 Å². The van der Waals surface area contributed by atoms with E-state index in [9.17, 15) is 0 Å². The Hall–Kier alpha value is -41.0. The molecular formula is Rf41.